The van der Waals surface area contributed by atoms with Crippen molar-refractivity contribution < 1.29 is 9.90 Å². The summed E-state index contributed by atoms with van der Waals surface area (Å²) < 4.78 is 2.13. The van der Waals surface area contributed by atoms with Gasteiger partial charge in [-0.1, -0.05) is 6.92 Å². The highest BCUT2D eigenvalue weighted by molar-refractivity contribution is 5.70. The average molecular weight is 237 g/mol. The van der Waals surface area contributed by atoms with Crippen LogP contribution in [0.3, 0.4) is 0 Å². The van der Waals surface area contributed by atoms with Gasteiger partial charge in [-0.15, -0.1) is 10.2 Å². The Bertz CT molecular complexity index is 414. The Morgan fingerprint density at radius 1 is 1.47 bits per heavy atom. The first-order valence-corrected chi connectivity index (χ1v) is 6.26. The van der Waals surface area contributed by atoms with E-state index < -0.39 is 5.97 Å². The molecule has 1 heterocycles. The SMILES string of the molecule is CCCn1c(C)nnc1C1CCC(C(=O)O)C1. The number of hydrogen-bond acceptors (Lipinski definition) is 3. The molecule has 0 radical (unpaired) electrons. The maximum atomic E-state index is 11.0. The zero-order valence-corrected chi connectivity index (χ0v) is 10.4. The van der Waals surface area contributed by atoms with Gasteiger partial charge in [-0.3, -0.25) is 4.79 Å². The quantitative estimate of drug-likeness (QED) is 0.869. The Labute approximate surface area is 101 Å². The van der Waals surface area contributed by atoms with Crippen LogP contribution in [0, 0.1) is 12.8 Å². The van der Waals surface area contributed by atoms with Crippen molar-refractivity contribution in [3.63, 3.8) is 0 Å². The monoisotopic (exact) mass is 237 g/mol. The van der Waals surface area contributed by atoms with Crippen molar-refractivity contribution in [1.29, 1.82) is 0 Å². The second kappa shape index (κ2) is 4.85. The predicted molar refractivity (Wildman–Crippen MR) is 62.8 cm³/mol. The molecule has 5 nitrogen and oxygen atoms in total. The van der Waals surface area contributed by atoms with E-state index in [4.69, 9.17) is 5.11 Å². The number of carbonyl (C=O) groups is 1. The van der Waals surface area contributed by atoms with Crippen molar-refractivity contribution in [3.8, 4) is 0 Å². The minimum atomic E-state index is -0.675. The Hall–Kier alpha value is -1.39. The number of nitrogens with zero attached hydrogens (tertiary/aromatic N) is 3. The highest BCUT2D eigenvalue weighted by Crippen LogP contribution is 2.37. The molecule has 0 aromatic carbocycles. The Balaban J connectivity index is 2.15. The van der Waals surface area contributed by atoms with Crippen LogP contribution in [0.25, 0.3) is 0 Å². The van der Waals surface area contributed by atoms with Crippen LogP contribution >= 0.6 is 0 Å². The molecule has 2 rings (SSSR count). The lowest BCUT2D eigenvalue weighted by Crippen LogP contribution is -2.12. The van der Waals surface area contributed by atoms with Crippen molar-refractivity contribution in [2.75, 3.05) is 0 Å². The summed E-state index contributed by atoms with van der Waals surface area (Å²) in [5.41, 5.74) is 0. The highest BCUT2D eigenvalue weighted by Gasteiger charge is 2.33. The van der Waals surface area contributed by atoms with Crippen LogP contribution in [0.4, 0.5) is 0 Å². The first-order chi connectivity index (χ1) is 8.13. The van der Waals surface area contributed by atoms with E-state index in [9.17, 15) is 4.79 Å². The maximum absolute atomic E-state index is 11.0. The van der Waals surface area contributed by atoms with Crippen molar-refractivity contribution in [3.05, 3.63) is 11.6 Å². The van der Waals surface area contributed by atoms with Gasteiger partial charge in [0.25, 0.3) is 0 Å². The smallest absolute Gasteiger partial charge is 0.306 e. The van der Waals surface area contributed by atoms with Crippen molar-refractivity contribution in [2.24, 2.45) is 5.92 Å². The normalized spacial score (nSPS) is 24.1. The van der Waals surface area contributed by atoms with Crippen LogP contribution in [0.2, 0.25) is 0 Å². The Morgan fingerprint density at radius 2 is 2.24 bits per heavy atom. The minimum Gasteiger partial charge on any atom is -0.481 e. The summed E-state index contributed by atoms with van der Waals surface area (Å²) in [6, 6.07) is 0. The second-order valence-electron chi connectivity index (χ2n) is 4.80. The van der Waals surface area contributed by atoms with Crippen molar-refractivity contribution in [2.45, 2.75) is 52.0 Å². The maximum Gasteiger partial charge on any atom is 0.306 e. The van der Waals surface area contributed by atoms with Gasteiger partial charge in [-0.25, -0.2) is 0 Å². The molecular formula is C12H19N3O2. The zero-order valence-electron chi connectivity index (χ0n) is 10.4. The van der Waals surface area contributed by atoms with Crippen LogP contribution in [-0.2, 0) is 11.3 Å². The molecule has 0 spiro atoms. The number of hydrogen-bond donors (Lipinski definition) is 1. The van der Waals surface area contributed by atoms with Crippen molar-refractivity contribution >= 4 is 5.97 Å². The first-order valence-electron chi connectivity index (χ1n) is 6.26. The third-order valence-electron chi connectivity index (χ3n) is 3.56. The molecular weight excluding hydrogens is 218 g/mol. The fourth-order valence-corrected chi connectivity index (χ4v) is 2.64. The summed E-state index contributed by atoms with van der Waals surface area (Å²) in [5.74, 6) is 1.30. The van der Waals surface area contributed by atoms with Crippen LogP contribution in [0.5, 0.6) is 0 Å². The summed E-state index contributed by atoms with van der Waals surface area (Å²) in [5, 5.41) is 17.4. The molecule has 1 saturated carbocycles. The van der Waals surface area contributed by atoms with Gasteiger partial charge >= 0.3 is 5.97 Å². The summed E-state index contributed by atoms with van der Waals surface area (Å²) in [7, 11) is 0. The van der Waals surface area contributed by atoms with Gasteiger partial charge in [-0.05, 0) is 32.6 Å². The molecule has 5 heteroatoms. The van der Waals surface area contributed by atoms with Crippen LogP contribution < -0.4 is 0 Å². The minimum absolute atomic E-state index is 0.202. The number of carboxylic acids is 1. The fraction of sp³-hybridized carbons (Fsp3) is 0.750. The number of aromatic nitrogens is 3. The molecule has 1 fully saturated rings. The van der Waals surface area contributed by atoms with Gasteiger partial charge in [0.2, 0.25) is 0 Å². The summed E-state index contributed by atoms with van der Waals surface area (Å²) >= 11 is 0. The summed E-state index contributed by atoms with van der Waals surface area (Å²) in [6.45, 7) is 5.00. The topological polar surface area (TPSA) is 68.0 Å². The van der Waals surface area contributed by atoms with E-state index in [-0.39, 0.29) is 11.8 Å². The van der Waals surface area contributed by atoms with Crippen LogP contribution in [-0.4, -0.2) is 25.8 Å². The van der Waals surface area contributed by atoms with E-state index in [1.165, 1.54) is 0 Å². The molecule has 2 unspecified atom stereocenters. The molecule has 94 valence electrons. The summed E-state index contributed by atoms with van der Waals surface area (Å²) in [6.07, 6.45) is 3.43. The Kier molecular flexibility index (Phi) is 3.45. The van der Waals surface area contributed by atoms with Gasteiger partial charge < -0.3 is 9.67 Å². The van der Waals surface area contributed by atoms with Crippen molar-refractivity contribution in [1.82, 2.24) is 14.8 Å². The third kappa shape index (κ3) is 2.33. The number of rotatable bonds is 4. The van der Waals surface area contributed by atoms with Gasteiger partial charge in [0, 0.05) is 12.5 Å². The zero-order chi connectivity index (χ0) is 12.4. The highest BCUT2D eigenvalue weighted by atomic mass is 16.4. The molecule has 2 atom stereocenters. The molecule has 0 bridgehead atoms. The lowest BCUT2D eigenvalue weighted by Gasteiger charge is -2.12. The van der Waals surface area contributed by atoms with E-state index in [1.807, 2.05) is 6.92 Å². The fourth-order valence-electron chi connectivity index (χ4n) is 2.64. The van der Waals surface area contributed by atoms with E-state index >= 15 is 0 Å². The standard InChI is InChI=1S/C12H19N3O2/c1-3-6-15-8(2)13-14-11(15)9-4-5-10(7-9)12(16)17/h9-10H,3-7H2,1-2H3,(H,16,17). The molecule has 0 aliphatic heterocycles. The molecule has 1 aromatic rings. The average Bonchev–Trinajstić information content (AvgIpc) is 2.87. The van der Waals surface area contributed by atoms with E-state index in [1.54, 1.807) is 0 Å². The number of aliphatic carboxylic acids is 1. The van der Waals surface area contributed by atoms with E-state index in [0.717, 1.165) is 37.5 Å². The van der Waals surface area contributed by atoms with E-state index in [0.29, 0.717) is 6.42 Å². The molecule has 0 amide bonds. The number of aryl methyl sites for hydroxylation is 1. The van der Waals surface area contributed by atoms with Crippen LogP contribution in [0.1, 0.15) is 50.2 Å². The largest absolute Gasteiger partial charge is 0.481 e. The molecule has 17 heavy (non-hydrogen) atoms. The third-order valence-corrected chi connectivity index (χ3v) is 3.56. The lowest BCUT2D eigenvalue weighted by molar-refractivity contribution is -0.141. The molecule has 1 aliphatic carbocycles. The Morgan fingerprint density at radius 3 is 2.82 bits per heavy atom. The van der Waals surface area contributed by atoms with Gasteiger partial charge in [0.1, 0.15) is 11.6 Å². The first kappa shape index (κ1) is 12.1. The summed E-state index contributed by atoms with van der Waals surface area (Å²) in [4.78, 5) is 11.0. The second-order valence-corrected chi connectivity index (χ2v) is 4.80. The van der Waals surface area contributed by atoms with Gasteiger partial charge in [0.15, 0.2) is 0 Å². The molecule has 1 aromatic heterocycles. The molecule has 0 saturated heterocycles. The predicted octanol–water partition coefficient (Wildman–Crippen LogP) is 1.96. The molecule has 1 aliphatic rings. The lowest BCUT2D eigenvalue weighted by atomic mass is 10.0. The number of carboxylic acid groups (broad SMARTS) is 1. The molecule has 1 N–H and O–H groups in total. The van der Waals surface area contributed by atoms with E-state index in [2.05, 4.69) is 21.7 Å². The van der Waals surface area contributed by atoms with Gasteiger partial charge in [-0.2, -0.15) is 0 Å². The van der Waals surface area contributed by atoms with Crippen LogP contribution in [0.15, 0.2) is 0 Å². The van der Waals surface area contributed by atoms with Gasteiger partial charge in [0.05, 0.1) is 5.92 Å².